The monoisotopic (exact) mass is 302 g/mol. The molecule has 0 amide bonds. The van der Waals surface area contributed by atoms with Gasteiger partial charge in [0.25, 0.3) is 0 Å². The van der Waals surface area contributed by atoms with Crippen LogP contribution in [-0.2, 0) is 6.54 Å². The maximum atomic E-state index is 4.69. The number of aryl methyl sites for hydroxylation is 1. The van der Waals surface area contributed by atoms with Gasteiger partial charge < -0.3 is 14.6 Å². The summed E-state index contributed by atoms with van der Waals surface area (Å²) in [6, 6.07) is 0. The molecule has 0 atom stereocenters. The Balaban J connectivity index is 1.97. The SMILES string of the molecule is CCNc1cn2ccnc2c(N(C)Cc2scnc2C)n1. The fourth-order valence-electron chi connectivity index (χ4n) is 2.21. The summed E-state index contributed by atoms with van der Waals surface area (Å²) >= 11 is 1.67. The Bertz CT molecular complexity index is 747. The molecule has 3 aromatic rings. The summed E-state index contributed by atoms with van der Waals surface area (Å²) in [5.41, 5.74) is 3.82. The second kappa shape index (κ2) is 5.69. The molecule has 21 heavy (non-hydrogen) atoms. The summed E-state index contributed by atoms with van der Waals surface area (Å²) in [6.07, 6.45) is 5.69. The number of hydrogen-bond acceptors (Lipinski definition) is 6. The summed E-state index contributed by atoms with van der Waals surface area (Å²) < 4.78 is 2.00. The molecule has 0 aliphatic heterocycles. The lowest BCUT2D eigenvalue weighted by molar-refractivity contribution is 0.894. The van der Waals surface area contributed by atoms with Gasteiger partial charge in [0, 0.05) is 30.9 Å². The predicted octanol–water partition coefficient (Wildman–Crippen LogP) is 2.56. The molecule has 0 bridgehead atoms. The fourth-order valence-corrected chi connectivity index (χ4v) is 3.04. The van der Waals surface area contributed by atoms with Crippen molar-refractivity contribution in [2.45, 2.75) is 20.4 Å². The summed E-state index contributed by atoms with van der Waals surface area (Å²) in [5, 5.41) is 3.26. The van der Waals surface area contributed by atoms with Crippen LogP contribution >= 0.6 is 11.3 Å². The second-order valence-electron chi connectivity index (χ2n) is 4.86. The predicted molar refractivity (Wildman–Crippen MR) is 86.1 cm³/mol. The minimum Gasteiger partial charge on any atom is -0.369 e. The van der Waals surface area contributed by atoms with Crippen LogP contribution in [0.5, 0.6) is 0 Å². The highest BCUT2D eigenvalue weighted by Gasteiger charge is 2.14. The van der Waals surface area contributed by atoms with E-state index in [4.69, 9.17) is 0 Å². The van der Waals surface area contributed by atoms with Crippen LogP contribution in [0.3, 0.4) is 0 Å². The highest BCUT2D eigenvalue weighted by molar-refractivity contribution is 7.09. The van der Waals surface area contributed by atoms with E-state index in [0.717, 1.165) is 36.1 Å². The van der Waals surface area contributed by atoms with Crippen molar-refractivity contribution in [1.29, 1.82) is 0 Å². The Morgan fingerprint density at radius 3 is 2.95 bits per heavy atom. The standard InChI is InChI=1S/C14H18N6S/c1-4-15-12-8-20-6-5-16-13(20)14(18-12)19(3)7-11-10(2)17-9-21-11/h5-6,8-9,15H,4,7H2,1-3H3. The molecule has 6 nitrogen and oxygen atoms in total. The van der Waals surface area contributed by atoms with E-state index in [1.807, 2.05) is 36.3 Å². The Labute approximate surface area is 127 Å². The van der Waals surface area contributed by atoms with Gasteiger partial charge in [-0.3, -0.25) is 0 Å². The first-order valence-electron chi connectivity index (χ1n) is 6.86. The minimum atomic E-state index is 0.779. The van der Waals surface area contributed by atoms with Crippen LogP contribution < -0.4 is 10.2 Å². The smallest absolute Gasteiger partial charge is 0.180 e. The molecule has 0 aliphatic rings. The normalized spacial score (nSPS) is 11.0. The lowest BCUT2D eigenvalue weighted by Gasteiger charge is -2.19. The first kappa shape index (κ1) is 13.8. The number of anilines is 2. The van der Waals surface area contributed by atoms with Gasteiger partial charge in [-0.25, -0.2) is 15.0 Å². The van der Waals surface area contributed by atoms with E-state index < -0.39 is 0 Å². The number of aromatic nitrogens is 4. The highest BCUT2D eigenvalue weighted by Crippen LogP contribution is 2.23. The molecule has 3 heterocycles. The van der Waals surface area contributed by atoms with Crippen molar-refractivity contribution in [3.8, 4) is 0 Å². The molecule has 0 saturated heterocycles. The Kier molecular flexibility index (Phi) is 3.74. The zero-order valence-electron chi connectivity index (χ0n) is 12.4. The number of fused-ring (bicyclic) bond motifs is 1. The Morgan fingerprint density at radius 2 is 2.24 bits per heavy atom. The molecule has 0 unspecified atom stereocenters. The fraction of sp³-hybridized carbons (Fsp3) is 0.357. The molecule has 3 aromatic heterocycles. The van der Waals surface area contributed by atoms with Crippen LogP contribution in [0.2, 0.25) is 0 Å². The quantitative estimate of drug-likeness (QED) is 0.785. The first-order valence-corrected chi connectivity index (χ1v) is 7.74. The second-order valence-corrected chi connectivity index (χ2v) is 5.79. The maximum absolute atomic E-state index is 4.69. The molecule has 3 rings (SSSR count). The molecular formula is C14H18N6S. The zero-order valence-corrected chi connectivity index (χ0v) is 13.2. The van der Waals surface area contributed by atoms with Gasteiger partial charge in [0.2, 0.25) is 0 Å². The van der Waals surface area contributed by atoms with Gasteiger partial charge in [0.1, 0.15) is 5.82 Å². The van der Waals surface area contributed by atoms with Gasteiger partial charge in [-0.1, -0.05) is 0 Å². The number of hydrogen-bond donors (Lipinski definition) is 1. The third-order valence-corrected chi connectivity index (χ3v) is 4.22. The van der Waals surface area contributed by atoms with Crippen LogP contribution in [0.25, 0.3) is 5.65 Å². The third kappa shape index (κ3) is 2.69. The van der Waals surface area contributed by atoms with Crippen molar-refractivity contribution in [3.05, 3.63) is 34.7 Å². The van der Waals surface area contributed by atoms with Crippen molar-refractivity contribution in [2.75, 3.05) is 23.8 Å². The van der Waals surface area contributed by atoms with Gasteiger partial charge in [0.15, 0.2) is 11.5 Å². The van der Waals surface area contributed by atoms with Gasteiger partial charge in [0.05, 0.1) is 23.9 Å². The molecule has 7 heteroatoms. The average Bonchev–Trinajstić information content (AvgIpc) is 3.08. The van der Waals surface area contributed by atoms with E-state index in [1.54, 1.807) is 17.5 Å². The van der Waals surface area contributed by atoms with Gasteiger partial charge in [-0.2, -0.15) is 0 Å². The van der Waals surface area contributed by atoms with Crippen molar-refractivity contribution >= 4 is 28.6 Å². The number of rotatable bonds is 5. The van der Waals surface area contributed by atoms with E-state index in [9.17, 15) is 0 Å². The summed E-state index contributed by atoms with van der Waals surface area (Å²) in [4.78, 5) is 16.8. The number of imidazole rings is 1. The lowest BCUT2D eigenvalue weighted by atomic mass is 10.3. The van der Waals surface area contributed by atoms with Crippen LogP contribution in [0.15, 0.2) is 24.1 Å². The van der Waals surface area contributed by atoms with Crippen LogP contribution in [0.1, 0.15) is 17.5 Å². The van der Waals surface area contributed by atoms with E-state index in [-0.39, 0.29) is 0 Å². The Morgan fingerprint density at radius 1 is 1.38 bits per heavy atom. The van der Waals surface area contributed by atoms with E-state index in [2.05, 4.69) is 32.1 Å². The Hall–Kier alpha value is -2.15. The molecule has 0 fully saturated rings. The van der Waals surface area contributed by atoms with Crippen molar-refractivity contribution in [3.63, 3.8) is 0 Å². The topological polar surface area (TPSA) is 58.4 Å². The van der Waals surface area contributed by atoms with Crippen molar-refractivity contribution in [1.82, 2.24) is 19.4 Å². The van der Waals surface area contributed by atoms with Crippen LogP contribution in [0, 0.1) is 6.92 Å². The molecule has 110 valence electrons. The summed E-state index contributed by atoms with van der Waals surface area (Å²) in [5.74, 6) is 1.72. The molecule has 0 radical (unpaired) electrons. The van der Waals surface area contributed by atoms with Crippen molar-refractivity contribution in [2.24, 2.45) is 0 Å². The zero-order chi connectivity index (χ0) is 14.8. The van der Waals surface area contributed by atoms with E-state index in [1.165, 1.54) is 4.88 Å². The highest BCUT2D eigenvalue weighted by atomic mass is 32.1. The molecule has 1 N–H and O–H groups in total. The molecule has 0 spiro atoms. The molecular weight excluding hydrogens is 284 g/mol. The maximum Gasteiger partial charge on any atom is 0.180 e. The molecule has 0 saturated carbocycles. The van der Waals surface area contributed by atoms with Crippen LogP contribution in [-0.4, -0.2) is 32.9 Å². The summed E-state index contributed by atoms with van der Waals surface area (Å²) in [7, 11) is 2.03. The van der Waals surface area contributed by atoms with Gasteiger partial charge in [-0.15, -0.1) is 11.3 Å². The summed E-state index contributed by atoms with van der Waals surface area (Å²) in [6.45, 7) is 5.71. The van der Waals surface area contributed by atoms with Crippen LogP contribution in [0.4, 0.5) is 11.6 Å². The van der Waals surface area contributed by atoms with Crippen molar-refractivity contribution < 1.29 is 0 Å². The van der Waals surface area contributed by atoms with E-state index >= 15 is 0 Å². The van der Waals surface area contributed by atoms with Gasteiger partial charge in [-0.05, 0) is 13.8 Å². The number of nitrogens with one attached hydrogen (secondary N) is 1. The first-order chi connectivity index (χ1) is 10.2. The van der Waals surface area contributed by atoms with E-state index in [0.29, 0.717) is 0 Å². The third-order valence-electron chi connectivity index (χ3n) is 3.30. The van der Waals surface area contributed by atoms with Gasteiger partial charge >= 0.3 is 0 Å². The number of nitrogens with zero attached hydrogens (tertiary/aromatic N) is 5. The average molecular weight is 302 g/mol. The lowest BCUT2D eigenvalue weighted by Crippen LogP contribution is -2.19. The molecule has 0 aromatic carbocycles. The molecule has 0 aliphatic carbocycles. The minimum absolute atomic E-state index is 0.779. The largest absolute Gasteiger partial charge is 0.369 e. The number of thiazole rings is 1.